The second-order valence-electron chi connectivity index (χ2n) is 6.66. The van der Waals surface area contributed by atoms with Crippen LogP contribution in [0.25, 0.3) is 5.69 Å². The fourth-order valence-corrected chi connectivity index (χ4v) is 3.68. The average Bonchev–Trinajstić information content (AvgIpc) is 3.22. The quantitative estimate of drug-likeness (QED) is 0.861. The first-order valence-electron chi connectivity index (χ1n) is 8.85. The first kappa shape index (κ1) is 16.2. The highest BCUT2D eigenvalue weighted by Crippen LogP contribution is 2.28. The summed E-state index contributed by atoms with van der Waals surface area (Å²) in [6.07, 6.45) is 3.42. The Morgan fingerprint density at radius 2 is 2.08 bits per heavy atom. The van der Waals surface area contributed by atoms with Gasteiger partial charge in [0, 0.05) is 13.1 Å². The number of aryl methyl sites for hydroxylation is 1. The maximum absolute atomic E-state index is 11.3. The lowest BCUT2D eigenvalue weighted by Crippen LogP contribution is -2.36. The van der Waals surface area contributed by atoms with Crippen molar-refractivity contribution in [1.29, 1.82) is 0 Å². The maximum Gasteiger partial charge on any atom is 0.225 e. The molecule has 132 valence electrons. The Balaban J connectivity index is 1.71. The van der Waals surface area contributed by atoms with Gasteiger partial charge in [-0.3, -0.25) is 9.69 Å². The fraction of sp³-hybridized carbons (Fsp3) is 0.500. The summed E-state index contributed by atoms with van der Waals surface area (Å²) in [6, 6.07) is 6.36. The lowest BCUT2D eigenvalue weighted by molar-refractivity contribution is -0.117. The van der Waals surface area contributed by atoms with Crippen LogP contribution >= 0.6 is 0 Å². The number of hydrogen-bond donors (Lipinski definition) is 1. The summed E-state index contributed by atoms with van der Waals surface area (Å²) in [5, 5.41) is 4.61. The smallest absolute Gasteiger partial charge is 0.225 e. The van der Waals surface area contributed by atoms with Gasteiger partial charge in [0.2, 0.25) is 5.91 Å². The zero-order chi connectivity index (χ0) is 17.2. The van der Waals surface area contributed by atoms with Crippen LogP contribution in [0, 0.1) is 0 Å². The number of nitrogens with two attached hydrogens (primary N) is 1. The van der Waals surface area contributed by atoms with Crippen LogP contribution in [-0.2, 0) is 35.3 Å². The second kappa shape index (κ2) is 6.93. The van der Waals surface area contributed by atoms with Gasteiger partial charge in [0.1, 0.15) is 5.82 Å². The van der Waals surface area contributed by atoms with Crippen LogP contribution in [0.5, 0.6) is 0 Å². The van der Waals surface area contributed by atoms with Crippen LogP contribution in [0.15, 0.2) is 18.2 Å². The van der Waals surface area contributed by atoms with E-state index >= 15 is 0 Å². The number of ether oxygens (including phenoxy) is 1. The third-order valence-electron chi connectivity index (χ3n) is 4.87. The number of carbonyl (C=O) groups is 1. The molecule has 7 heteroatoms. The molecule has 1 aromatic carbocycles. The summed E-state index contributed by atoms with van der Waals surface area (Å²) in [7, 11) is 0. The van der Waals surface area contributed by atoms with Gasteiger partial charge in [0.05, 0.1) is 31.9 Å². The highest BCUT2D eigenvalue weighted by Gasteiger charge is 2.22. The summed E-state index contributed by atoms with van der Waals surface area (Å²) in [5.74, 6) is 0.943. The Morgan fingerprint density at radius 3 is 2.88 bits per heavy atom. The van der Waals surface area contributed by atoms with Gasteiger partial charge in [0.25, 0.3) is 0 Å². The molecule has 1 aliphatic heterocycles. The molecule has 4 rings (SSSR count). The second-order valence-corrected chi connectivity index (χ2v) is 6.66. The number of nitrogens with zero attached hydrogens (tertiary/aromatic N) is 4. The minimum absolute atomic E-state index is 0.0676. The molecular formula is C18H23N5O2. The minimum atomic E-state index is -0.409. The number of hydrogen-bond acceptors (Lipinski definition) is 5. The van der Waals surface area contributed by atoms with Gasteiger partial charge < -0.3 is 10.5 Å². The molecule has 1 aliphatic carbocycles. The van der Waals surface area contributed by atoms with Crippen molar-refractivity contribution in [1.82, 2.24) is 19.7 Å². The molecule has 7 nitrogen and oxygen atoms in total. The van der Waals surface area contributed by atoms with E-state index < -0.39 is 5.91 Å². The highest BCUT2D eigenvalue weighted by atomic mass is 16.5. The first-order valence-corrected chi connectivity index (χ1v) is 8.85. The summed E-state index contributed by atoms with van der Waals surface area (Å²) < 4.78 is 7.34. The van der Waals surface area contributed by atoms with E-state index in [0.29, 0.717) is 12.4 Å². The van der Waals surface area contributed by atoms with E-state index in [1.54, 1.807) is 0 Å². The summed E-state index contributed by atoms with van der Waals surface area (Å²) in [4.78, 5) is 18.2. The van der Waals surface area contributed by atoms with Gasteiger partial charge in [-0.2, -0.15) is 5.10 Å². The standard InChI is InChI=1S/C18H23N5O2/c19-16(24)11-17-20-18(12-22-7-9-25-10-8-22)23(21-17)15-6-2-4-13-3-1-5-14(13)15/h2,4,6H,1,3,5,7-12H2,(H2,19,24). The van der Waals surface area contributed by atoms with Crippen LogP contribution in [0.2, 0.25) is 0 Å². The van der Waals surface area contributed by atoms with Gasteiger partial charge in [-0.05, 0) is 36.5 Å². The SMILES string of the molecule is NC(=O)Cc1nc(CN2CCOCC2)n(-c2cccc3c2CCC3)n1. The van der Waals surface area contributed by atoms with Crippen molar-refractivity contribution in [2.75, 3.05) is 26.3 Å². The summed E-state index contributed by atoms with van der Waals surface area (Å²) in [6.45, 7) is 3.93. The van der Waals surface area contributed by atoms with Crippen LogP contribution in [0.4, 0.5) is 0 Å². The van der Waals surface area contributed by atoms with E-state index in [1.807, 2.05) is 4.68 Å². The van der Waals surface area contributed by atoms with Crippen molar-refractivity contribution < 1.29 is 9.53 Å². The minimum Gasteiger partial charge on any atom is -0.379 e. The third-order valence-corrected chi connectivity index (χ3v) is 4.87. The maximum atomic E-state index is 11.3. The third kappa shape index (κ3) is 3.43. The molecule has 2 aromatic rings. The van der Waals surface area contributed by atoms with Gasteiger partial charge in [-0.15, -0.1) is 0 Å². The van der Waals surface area contributed by atoms with Crippen molar-refractivity contribution >= 4 is 5.91 Å². The Labute approximate surface area is 146 Å². The molecule has 0 radical (unpaired) electrons. The van der Waals surface area contributed by atoms with Crippen LogP contribution in [0.1, 0.15) is 29.2 Å². The Kier molecular flexibility index (Phi) is 4.50. The Hall–Kier alpha value is -2.25. The molecule has 2 aliphatic rings. The number of rotatable bonds is 5. The normalized spacial score (nSPS) is 17.6. The van der Waals surface area contributed by atoms with E-state index in [1.165, 1.54) is 17.5 Å². The van der Waals surface area contributed by atoms with Gasteiger partial charge >= 0.3 is 0 Å². The van der Waals surface area contributed by atoms with Crippen LogP contribution in [0.3, 0.4) is 0 Å². The molecular weight excluding hydrogens is 318 g/mol. The van der Waals surface area contributed by atoms with Crippen LogP contribution in [-0.4, -0.2) is 51.9 Å². The number of fused-ring (bicyclic) bond motifs is 1. The van der Waals surface area contributed by atoms with Gasteiger partial charge in [-0.1, -0.05) is 12.1 Å². The van der Waals surface area contributed by atoms with E-state index in [4.69, 9.17) is 10.5 Å². The molecule has 1 fully saturated rings. The molecule has 2 heterocycles. The average molecular weight is 341 g/mol. The summed E-state index contributed by atoms with van der Waals surface area (Å²) >= 11 is 0. The predicted molar refractivity (Wildman–Crippen MR) is 92.4 cm³/mol. The Morgan fingerprint density at radius 1 is 1.24 bits per heavy atom. The fourth-order valence-electron chi connectivity index (χ4n) is 3.68. The highest BCUT2D eigenvalue weighted by molar-refractivity contribution is 5.75. The molecule has 0 spiro atoms. The number of primary amides is 1. The number of benzene rings is 1. The first-order chi connectivity index (χ1) is 12.2. The van der Waals surface area contributed by atoms with Gasteiger partial charge in [-0.25, -0.2) is 9.67 Å². The zero-order valence-corrected chi connectivity index (χ0v) is 14.3. The number of amides is 1. The molecule has 0 atom stereocenters. The lowest BCUT2D eigenvalue weighted by atomic mass is 10.1. The molecule has 1 amide bonds. The van der Waals surface area contributed by atoms with Gasteiger partial charge in [0.15, 0.2) is 5.82 Å². The molecule has 0 unspecified atom stereocenters. The molecule has 0 saturated carbocycles. The van der Waals surface area contributed by atoms with Crippen molar-refractivity contribution in [2.45, 2.75) is 32.2 Å². The monoisotopic (exact) mass is 341 g/mol. The number of aromatic nitrogens is 3. The number of carbonyl (C=O) groups excluding carboxylic acids is 1. The molecule has 25 heavy (non-hydrogen) atoms. The lowest BCUT2D eigenvalue weighted by Gasteiger charge is -2.26. The van der Waals surface area contributed by atoms with E-state index in [2.05, 4.69) is 33.2 Å². The largest absolute Gasteiger partial charge is 0.379 e. The van der Waals surface area contributed by atoms with Crippen molar-refractivity contribution in [2.24, 2.45) is 5.73 Å². The topological polar surface area (TPSA) is 86.3 Å². The molecule has 2 N–H and O–H groups in total. The van der Waals surface area contributed by atoms with E-state index in [0.717, 1.165) is 50.7 Å². The molecule has 0 bridgehead atoms. The van der Waals surface area contributed by atoms with E-state index in [9.17, 15) is 4.79 Å². The van der Waals surface area contributed by atoms with Crippen molar-refractivity contribution in [3.8, 4) is 5.69 Å². The van der Waals surface area contributed by atoms with E-state index in [-0.39, 0.29) is 6.42 Å². The summed E-state index contributed by atoms with van der Waals surface area (Å²) in [5.41, 5.74) is 9.17. The predicted octanol–water partition coefficient (Wildman–Crippen LogP) is 0.616. The van der Waals surface area contributed by atoms with Crippen molar-refractivity contribution in [3.05, 3.63) is 41.0 Å². The van der Waals surface area contributed by atoms with Crippen molar-refractivity contribution in [3.63, 3.8) is 0 Å². The molecule has 1 aromatic heterocycles. The van der Waals surface area contributed by atoms with Crippen LogP contribution < -0.4 is 5.73 Å². The molecule has 1 saturated heterocycles. The Bertz CT molecular complexity index is 780. The zero-order valence-electron chi connectivity index (χ0n) is 14.3. The number of morpholine rings is 1.